The molecule has 1 aromatic carbocycles. The molecule has 0 N–H and O–H groups in total. The van der Waals surface area contributed by atoms with Gasteiger partial charge in [-0.15, -0.1) is 0 Å². The zero-order valence-corrected chi connectivity index (χ0v) is 16.3. The van der Waals surface area contributed by atoms with Crippen LogP contribution in [0.1, 0.15) is 26.7 Å². The monoisotopic (exact) mass is 392 g/mol. The number of benzene rings is 1. The van der Waals surface area contributed by atoms with Gasteiger partial charge in [0, 0.05) is 18.1 Å². The Morgan fingerprint density at radius 3 is 2.62 bits per heavy atom. The number of sulfonamides is 1. The van der Waals surface area contributed by atoms with Crippen molar-refractivity contribution in [3.8, 4) is 0 Å². The number of piperidine rings is 1. The largest absolute Gasteiger partial charge is 0.341 e. The van der Waals surface area contributed by atoms with Crippen LogP contribution in [0.3, 0.4) is 0 Å². The first kappa shape index (κ1) is 19.3. The van der Waals surface area contributed by atoms with Crippen LogP contribution in [0.15, 0.2) is 18.2 Å². The Morgan fingerprint density at radius 1 is 1.38 bits per heavy atom. The zero-order chi connectivity index (χ0) is 18.1. The smallest absolute Gasteiger partial charge is 0.246 e. The summed E-state index contributed by atoms with van der Waals surface area (Å²) in [6.07, 6.45) is 3.07. The van der Waals surface area contributed by atoms with Crippen molar-refractivity contribution < 1.29 is 13.2 Å². The van der Waals surface area contributed by atoms with E-state index < -0.39 is 16.1 Å². The van der Waals surface area contributed by atoms with Crippen LogP contribution in [0, 0.1) is 5.92 Å². The van der Waals surface area contributed by atoms with Crippen LogP contribution in [0.4, 0.5) is 5.69 Å². The molecular formula is C16H22Cl2N2O3S. The van der Waals surface area contributed by atoms with Gasteiger partial charge in [0.05, 0.1) is 17.0 Å². The Bertz CT molecular complexity index is 724. The maximum Gasteiger partial charge on any atom is 0.246 e. The molecule has 5 nitrogen and oxygen atoms in total. The van der Waals surface area contributed by atoms with Crippen LogP contribution in [0.2, 0.25) is 10.0 Å². The Balaban J connectivity index is 2.38. The summed E-state index contributed by atoms with van der Waals surface area (Å²) >= 11 is 12.2. The molecule has 24 heavy (non-hydrogen) atoms. The second-order valence-electron chi connectivity index (χ2n) is 6.36. The highest BCUT2D eigenvalue weighted by Crippen LogP contribution is 2.32. The molecule has 1 fully saturated rings. The molecule has 0 bridgehead atoms. The van der Waals surface area contributed by atoms with Crippen molar-refractivity contribution >= 4 is 44.8 Å². The number of likely N-dealkylation sites (tertiary alicyclic amines) is 1. The van der Waals surface area contributed by atoms with Gasteiger partial charge in [0.2, 0.25) is 15.9 Å². The van der Waals surface area contributed by atoms with Gasteiger partial charge in [0.15, 0.2) is 0 Å². The molecule has 1 saturated heterocycles. The van der Waals surface area contributed by atoms with Crippen LogP contribution in [-0.2, 0) is 14.8 Å². The fourth-order valence-corrected chi connectivity index (χ4v) is 4.68. The molecule has 0 saturated carbocycles. The normalized spacial score (nSPS) is 19.9. The SMILES string of the molecule is C[C@@H]1CCCN(C(=O)[C@H](C)N(c2cc(Cl)ccc2Cl)S(C)(=O)=O)C1. The van der Waals surface area contributed by atoms with Crippen molar-refractivity contribution in [2.45, 2.75) is 32.7 Å². The first-order chi connectivity index (χ1) is 11.1. The lowest BCUT2D eigenvalue weighted by atomic mass is 10.00. The van der Waals surface area contributed by atoms with Crippen LogP contribution in [-0.4, -0.2) is 44.6 Å². The summed E-state index contributed by atoms with van der Waals surface area (Å²) in [5.41, 5.74) is 0.220. The van der Waals surface area contributed by atoms with Gasteiger partial charge in [-0.05, 0) is 43.9 Å². The summed E-state index contributed by atoms with van der Waals surface area (Å²) in [5, 5.41) is 0.589. The van der Waals surface area contributed by atoms with E-state index in [0.717, 1.165) is 23.4 Å². The third kappa shape index (κ3) is 4.35. The van der Waals surface area contributed by atoms with Crippen molar-refractivity contribution in [2.24, 2.45) is 5.92 Å². The van der Waals surface area contributed by atoms with E-state index in [-0.39, 0.29) is 16.6 Å². The predicted molar refractivity (Wildman–Crippen MR) is 98.2 cm³/mol. The van der Waals surface area contributed by atoms with Crippen LogP contribution >= 0.6 is 23.2 Å². The second kappa shape index (κ2) is 7.50. The van der Waals surface area contributed by atoms with Gasteiger partial charge in [-0.2, -0.15) is 0 Å². The van der Waals surface area contributed by atoms with Gasteiger partial charge in [-0.1, -0.05) is 30.1 Å². The molecule has 0 aromatic heterocycles. The lowest BCUT2D eigenvalue weighted by molar-refractivity contribution is -0.133. The highest BCUT2D eigenvalue weighted by atomic mass is 35.5. The number of rotatable bonds is 4. The first-order valence-corrected chi connectivity index (χ1v) is 10.4. The van der Waals surface area contributed by atoms with E-state index >= 15 is 0 Å². The molecule has 134 valence electrons. The Labute approximate surface area is 153 Å². The van der Waals surface area contributed by atoms with E-state index in [0.29, 0.717) is 24.0 Å². The van der Waals surface area contributed by atoms with Crippen molar-refractivity contribution in [1.29, 1.82) is 0 Å². The van der Waals surface area contributed by atoms with Crippen LogP contribution in [0.5, 0.6) is 0 Å². The summed E-state index contributed by atoms with van der Waals surface area (Å²) in [6, 6.07) is 3.68. The highest BCUT2D eigenvalue weighted by Gasteiger charge is 2.34. The summed E-state index contributed by atoms with van der Waals surface area (Å²) in [7, 11) is -3.71. The number of anilines is 1. The zero-order valence-electron chi connectivity index (χ0n) is 14.0. The van der Waals surface area contributed by atoms with E-state index in [2.05, 4.69) is 6.92 Å². The number of carbonyl (C=O) groups is 1. The number of carbonyl (C=O) groups excluding carboxylic acids is 1. The standard InChI is InChI=1S/C16H22Cl2N2O3S/c1-11-5-4-8-19(10-11)16(21)12(2)20(24(3,22)23)15-9-13(17)6-7-14(15)18/h6-7,9,11-12H,4-5,8,10H2,1-3H3/t11-,12+/m1/s1. The fraction of sp³-hybridized carbons (Fsp3) is 0.562. The number of amides is 1. The number of hydrogen-bond acceptors (Lipinski definition) is 3. The van der Waals surface area contributed by atoms with E-state index in [9.17, 15) is 13.2 Å². The lowest BCUT2D eigenvalue weighted by Crippen LogP contribution is -2.51. The van der Waals surface area contributed by atoms with E-state index in [1.165, 1.54) is 12.1 Å². The fourth-order valence-electron chi connectivity index (χ4n) is 3.08. The van der Waals surface area contributed by atoms with E-state index in [1.807, 2.05) is 0 Å². The topological polar surface area (TPSA) is 57.7 Å². The molecule has 1 heterocycles. The van der Waals surface area contributed by atoms with E-state index in [1.54, 1.807) is 17.9 Å². The molecule has 0 radical (unpaired) electrons. The average Bonchev–Trinajstić information content (AvgIpc) is 2.48. The first-order valence-electron chi connectivity index (χ1n) is 7.84. The maximum atomic E-state index is 12.8. The highest BCUT2D eigenvalue weighted by molar-refractivity contribution is 7.92. The minimum Gasteiger partial charge on any atom is -0.341 e. The Morgan fingerprint density at radius 2 is 2.04 bits per heavy atom. The number of hydrogen-bond donors (Lipinski definition) is 0. The summed E-state index contributed by atoms with van der Waals surface area (Å²) in [5.74, 6) is 0.194. The van der Waals surface area contributed by atoms with Crippen LogP contribution in [0.25, 0.3) is 0 Å². The molecule has 2 atom stereocenters. The molecule has 0 aliphatic carbocycles. The van der Waals surface area contributed by atoms with Gasteiger partial charge in [0.25, 0.3) is 0 Å². The summed E-state index contributed by atoms with van der Waals surface area (Å²) < 4.78 is 25.7. The molecule has 1 aliphatic heterocycles. The van der Waals surface area contributed by atoms with Gasteiger partial charge < -0.3 is 4.90 Å². The maximum absolute atomic E-state index is 12.8. The van der Waals surface area contributed by atoms with Crippen LogP contribution < -0.4 is 4.31 Å². The Hall–Kier alpha value is -0.980. The average molecular weight is 393 g/mol. The summed E-state index contributed by atoms with van der Waals surface area (Å²) in [6.45, 7) is 4.96. The third-order valence-corrected chi connectivity index (χ3v) is 5.96. The lowest BCUT2D eigenvalue weighted by Gasteiger charge is -2.36. The molecule has 2 rings (SSSR count). The second-order valence-corrected chi connectivity index (χ2v) is 9.07. The van der Waals surface area contributed by atoms with Gasteiger partial charge in [-0.25, -0.2) is 8.42 Å². The number of halogens is 2. The van der Waals surface area contributed by atoms with Crippen molar-refractivity contribution in [3.63, 3.8) is 0 Å². The Kier molecular flexibility index (Phi) is 6.04. The third-order valence-electron chi connectivity index (χ3n) is 4.18. The summed E-state index contributed by atoms with van der Waals surface area (Å²) in [4.78, 5) is 14.6. The van der Waals surface area contributed by atoms with Crippen molar-refractivity contribution in [3.05, 3.63) is 28.2 Å². The van der Waals surface area contributed by atoms with Gasteiger partial charge in [-0.3, -0.25) is 9.10 Å². The molecule has 8 heteroatoms. The predicted octanol–water partition coefficient (Wildman–Crippen LogP) is 3.41. The minimum atomic E-state index is -3.71. The quantitative estimate of drug-likeness (QED) is 0.788. The van der Waals surface area contributed by atoms with Gasteiger partial charge >= 0.3 is 0 Å². The molecule has 1 aliphatic rings. The minimum absolute atomic E-state index is 0.219. The molecule has 0 unspecified atom stereocenters. The van der Waals surface area contributed by atoms with Gasteiger partial charge in [0.1, 0.15) is 6.04 Å². The molecule has 1 aromatic rings. The molecule has 1 amide bonds. The van der Waals surface area contributed by atoms with Crippen molar-refractivity contribution in [1.82, 2.24) is 4.90 Å². The molecule has 0 spiro atoms. The van der Waals surface area contributed by atoms with E-state index in [4.69, 9.17) is 23.2 Å². The van der Waals surface area contributed by atoms with Crippen molar-refractivity contribution in [2.75, 3.05) is 23.7 Å². The molecular weight excluding hydrogens is 371 g/mol. The number of nitrogens with zero attached hydrogens (tertiary/aromatic N) is 2.